The molecular formula is C9H14OS2. The maximum atomic E-state index is 5.61. The molecule has 1 heterocycles. The van der Waals surface area contributed by atoms with Crippen LogP contribution in [0.15, 0.2) is 0 Å². The fourth-order valence-corrected chi connectivity index (χ4v) is 6.68. The highest BCUT2D eigenvalue weighted by atomic mass is 32.2. The van der Waals surface area contributed by atoms with Gasteiger partial charge in [-0.3, -0.25) is 0 Å². The average molecular weight is 202 g/mol. The fourth-order valence-electron chi connectivity index (χ4n) is 2.78. The second-order valence-electron chi connectivity index (χ2n) is 3.98. The molecule has 3 atom stereocenters. The molecule has 3 fully saturated rings. The monoisotopic (exact) mass is 202 g/mol. The summed E-state index contributed by atoms with van der Waals surface area (Å²) in [5.41, 5.74) is 0. The van der Waals surface area contributed by atoms with Crippen LogP contribution in [0.2, 0.25) is 0 Å². The molecule has 1 saturated heterocycles. The Labute approximate surface area is 82.0 Å². The summed E-state index contributed by atoms with van der Waals surface area (Å²) in [7, 11) is 1.89. The van der Waals surface area contributed by atoms with Crippen molar-refractivity contribution in [2.24, 2.45) is 11.8 Å². The number of ether oxygens (including phenoxy) is 1. The van der Waals surface area contributed by atoms with Crippen molar-refractivity contribution in [2.75, 3.05) is 18.6 Å². The van der Waals surface area contributed by atoms with Crippen LogP contribution in [0.25, 0.3) is 0 Å². The minimum atomic E-state index is 0.499. The highest BCUT2D eigenvalue weighted by Crippen LogP contribution is 2.69. The molecule has 68 valence electrons. The number of rotatable bonds is 1. The number of hydrogen-bond acceptors (Lipinski definition) is 3. The van der Waals surface area contributed by atoms with Gasteiger partial charge in [0.15, 0.2) is 0 Å². The van der Waals surface area contributed by atoms with Gasteiger partial charge in [-0.05, 0) is 24.7 Å². The van der Waals surface area contributed by atoms with Crippen molar-refractivity contribution >= 4 is 23.5 Å². The SMILES string of the molecule is COC1C[C@H]2C[C@H]2C12SCCS2. The van der Waals surface area contributed by atoms with Gasteiger partial charge in [0.1, 0.15) is 0 Å². The van der Waals surface area contributed by atoms with Crippen LogP contribution in [0.5, 0.6) is 0 Å². The van der Waals surface area contributed by atoms with Crippen LogP contribution >= 0.6 is 23.5 Å². The molecule has 0 aromatic rings. The quantitative estimate of drug-likeness (QED) is 0.645. The smallest absolute Gasteiger partial charge is 0.0902 e. The average Bonchev–Trinajstić information content (AvgIpc) is 2.60. The van der Waals surface area contributed by atoms with Crippen molar-refractivity contribution in [3.63, 3.8) is 0 Å². The topological polar surface area (TPSA) is 9.23 Å². The number of thioether (sulfide) groups is 2. The van der Waals surface area contributed by atoms with Crippen molar-refractivity contribution in [3.05, 3.63) is 0 Å². The molecule has 1 unspecified atom stereocenters. The number of methoxy groups -OCH3 is 1. The van der Waals surface area contributed by atoms with Gasteiger partial charge in [-0.15, -0.1) is 23.5 Å². The Hall–Kier alpha value is 0.660. The normalized spacial score (nSPS) is 48.2. The summed E-state index contributed by atoms with van der Waals surface area (Å²) in [4.78, 5) is 0. The lowest BCUT2D eigenvalue weighted by atomic mass is 10.2. The van der Waals surface area contributed by atoms with E-state index in [1.54, 1.807) is 0 Å². The third-order valence-corrected chi connectivity index (χ3v) is 7.24. The highest BCUT2D eigenvalue weighted by molar-refractivity contribution is 8.21. The minimum Gasteiger partial charge on any atom is -0.379 e. The molecule has 1 nitrogen and oxygen atoms in total. The maximum Gasteiger partial charge on any atom is 0.0902 e. The molecule has 1 aliphatic heterocycles. The van der Waals surface area contributed by atoms with E-state index in [-0.39, 0.29) is 0 Å². The first-order valence-corrected chi connectivity index (χ1v) is 6.64. The summed E-state index contributed by atoms with van der Waals surface area (Å²) in [6.45, 7) is 0. The Morgan fingerprint density at radius 3 is 2.67 bits per heavy atom. The zero-order valence-corrected chi connectivity index (χ0v) is 8.92. The van der Waals surface area contributed by atoms with E-state index in [0.29, 0.717) is 10.2 Å². The molecule has 0 amide bonds. The van der Waals surface area contributed by atoms with Gasteiger partial charge in [-0.1, -0.05) is 0 Å². The molecule has 0 N–H and O–H groups in total. The minimum absolute atomic E-state index is 0.499. The summed E-state index contributed by atoms with van der Waals surface area (Å²) in [5, 5.41) is 0. The predicted molar refractivity (Wildman–Crippen MR) is 54.7 cm³/mol. The van der Waals surface area contributed by atoms with Gasteiger partial charge in [0, 0.05) is 18.6 Å². The Bertz CT molecular complexity index is 201. The number of hydrogen-bond donors (Lipinski definition) is 0. The maximum absolute atomic E-state index is 5.61. The predicted octanol–water partition coefficient (Wildman–Crippen LogP) is 2.22. The Balaban J connectivity index is 1.88. The molecule has 0 radical (unpaired) electrons. The van der Waals surface area contributed by atoms with E-state index in [2.05, 4.69) is 23.5 Å². The van der Waals surface area contributed by atoms with E-state index in [1.165, 1.54) is 24.3 Å². The largest absolute Gasteiger partial charge is 0.379 e. The summed E-state index contributed by atoms with van der Waals surface area (Å²) >= 11 is 4.35. The lowest BCUT2D eigenvalue weighted by Crippen LogP contribution is -2.33. The van der Waals surface area contributed by atoms with Crippen LogP contribution in [0.1, 0.15) is 12.8 Å². The Kier molecular flexibility index (Phi) is 1.72. The van der Waals surface area contributed by atoms with Gasteiger partial charge < -0.3 is 4.74 Å². The third kappa shape index (κ3) is 0.878. The zero-order chi connectivity index (χ0) is 8.18. The first-order valence-electron chi connectivity index (χ1n) is 4.67. The second kappa shape index (κ2) is 2.58. The molecule has 2 aliphatic carbocycles. The van der Waals surface area contributed by atoms with E-state index < -0.39 is 0 Å². The zero-order valence-electron chi connectivity index (χ0n) is 7.29. The molecule has 3 rings (SSSR count). The van der Waals surface area contributed by atoms with Crippen LogP contribution < -0.4 is 0 Å². The van der Waals surface area contributed by atoms with Crippen LogP contribution in [-0.2, 0) is 4.74 Å². The van der Waals surface area contributed by atoms with Crippen molar-refractivity contribution in [1.29, 1.82) is 0 Å². The second-order valence-corrected chi connectivity index (χ2v) is 6.98. The van der Waals surface area contributed by atoms with Crippen LogP contribution in [0.4, 0.5) is 0 Å². The van der Waals surface area contributed by atoms with E-state index in [4.69, 9.17) is 4.74 Å². The van der Waals surface area contributed by atoms with Crippen LogP contribution in [-0.4, -0.2) is 28.8 Å². The summed E-state index contributed by atoms with van der Waals surface area (Å²) in [6, 6.07) is 0. The summed E-state index contributed by atoms with van der Waals surface area (Å²) in [6.07, 6.45) is 3.37. The van der Waals surface area contributed by atoms with E-state index in [1.807, 2.05) is 7.11 Å². The molecule has 0 aromatic carbocycles. The Morgan fingerprint density at radius 2 is 2.00 bits per heavy atom. The van der Waals surface area contributed by atoms with Gasteiger partial charge in [0.05, 0.1) is 10.2 Å². The third-order valence-electron chi connectivity index (χ3n) is 3.43. The standard InChI is InChI=1S/C9H14OS2/c1-10-8-5-6-4-7(6)9(8)11-2-3-12-9/h6-8H,2-5H2,1H3/t6-,7-,8?/m1/s1. The fraction of sp³-hybridized carbons (Fsp3) is 1.00. The first-order chi connectivity index (χ1) is 5.87. The van der Waals surface area contributed by atoms with Crippen LogP contribution in [0, 0.1) is 11.8 Å². The first kappa shape index (κ1) is 8.01. The molecule has 3 heteroatoms. The molecule has 2 saturated carbocycles. The van der Waals surface area contributed by atoms with Crippen molar-refractivity contribution in [2.45, 2.75) is 23.0 Å². The van der Waals surface area contributed by atoms with Crippen molar-refractivity contribution in [1.82, 2.24) is 0 Å². The van der Waals surface area contributed by atoms with Gasteiger partial charge in [-0.25, -0.2) is 0 Å². The van der Waals surface area contributed by atoms with E-state index >= 15 is 0 Å². The van der Waals surface area contributed by atoms with Gasteiger partial charge in [0.25, 0.3) is 0 Å². The molecule has 0 aromatic heterocycles. The van der Waals surface area contributed by atoms with E-state index in [0.717, 1.165) is 11.8 Å². The number of fused-ring (bicyclic) bond motifs is 2. The van der Waals surface area contributed by atoms with Crippen molar-refractivity contribution < 1.29 is 4.74 Å². The lowest BCUT2D eigenvalue weighted by Gasteiger charge is -2.30. The molecule has 1 spiro atoms. The van der Waals surface area contributed by atoms with Gasteiger partial charge in [-0.2, -0.15) is 0 Å². The molecule has 3 aliphatic rings. The Morgan fingerprint density at radius 1 is 1.25 bits per heavy atom. The van der Waals surface area contributed by atoms with Crippen molar-refractivity contribution in [3.8, 4) is 0 Å². The molecular weight excluding hydrogens is 188 g/mol. The summed E-state index contributed by atoms with van der Waals surface area (Å²) < 4.78 is 6.11. The highest BCUT2D eigenvalue weighted by Gasteiger charge is 2.65. The molecule has 12 heavy (non-hydrogen) atoms. The van der Waals surface area contributed by atoms with Gasteiger partial charge >= 0.3 is 0 Å². The molecule has 0 bridgehead atoms. The van der Waals surface area contributed by atoms with Gasteiger partial charge in [0.2, 0.25) is 0 Å². The summed E-state index contributed by atoms with van der Waals surface area (Å²) in [5.74, 6) is 4.70. The van der Waals surface area contributed by atoms with Crippen LogP contribution in [0.3, 0.4) is 0 Å². The van der Waals surface area contributed by atoms with E-state index in [9.17, 15) is 0 Å². The lowest BCUT2D eigenvalue weighted by molar-refractivity contribution is 0.0955.